The monoisotopic (exact) mass is 370 g/mol. The molecule has 1 aromatic heterocycles. The molecular weight excluding hydrogens is 348 g/mol. The fourth-order valence-electron chi connectivity index (χ4n) is 3.94. The average molecular weight is 370 g/mol. The lowest BCUT2D eigenvalue weighted by Gasteiger charge is -2.17. The summed E-state index contributed by atoms with van der Waals surface area (Å²) in [6, 6.07) is 12.7. The number of nitrogens with one attached hydrogen (secondary N) is 2. The molecule has 0 spiro atoms. The van der Waals surface area contributed by atoms with E-state index < -0.39 is 0 Å². The number of nitrogens with two attached hydrogens (primary N) is 1. The molecule has 1 aliphatic carbocycles. The normalized spacial score (nSPS) is 24.3. The molecule has 0 bridgehead atoms. The van der Waals surface area contributed by atoms with E-state index in [1.807, 2.05) is 35.2 Å². The molecule has 1 aliphatic heterocycles. The van der Waals surface area contributed by atoms with Crippen molar-refractivity contribution in [2.75, 3.05) is 23.7 Å². The Morgan fingerprint density at radius 1 is 1.04 bits per heavy atom. The van der Waals surface area contributed by atoms with Crippen LogP contribution in [0.2, 0.25) is 0 Å². The summed E-state index contributed by atoms with van der Waals surface area (Å²) in [6.45, 7) is 1.55. The van der Waals surface area contributed by atoms with Crippen LogP contribution in [0.4, 0.5) is 15.5 Å². The van der Waals surface area contributed by atoms with Gasteiger partial charge in [-0.25, -0.2) is 4.79 Å². The smallest absolute Gasteiger partial charge is 0.324 e. The van der Waals surface area contributed by atoms with E-state index in [4.69, 9.17) is 5.73 Å². The number of carbonyl (C=O) groups is 2. The van der Waals surface area contributed by atoms with E-state index in [9.17, 15) is 9.59 Å². The second-order valence-corrected chi connectivity index (χ2v) is 8.07. The number of fused-ring (bicyclic) bond motifs is 1. The number of likely N-dealkylation sites (tertiary alicyclic amines) is 1. The molecule has 2 fully saturated rings. The Morgan fingerprint density at radius 3 is 2.62 bits per heavy atom. The van der Waals surface area contributed by atoms with E-state index in [1.165, 1.54) is 11.3 Å². The van der Waals surface area contributed by atoms with Gasteiger partial charge in [0.1, 0.15) is 0 Å². The van der Waals surface area contributed by atoms with Crippen molar-refractivity contribution in [1.82, 2.24) is 4.90 Å². The summed E-state index contributed by atoms with van der Waals surface area (Å²) in [6.07, 6.45) is 2.19. The molecule has 136 valence electrons. The summed E-state index contributed by atoms with van der Waals surface area (Å²) in [5.41, 5.74) is 6.87. The van der Waals surface area contributed by atoms with Gasteiger partial charge in [0, 0.05) is 24.8 Å². The molecule has 2 heterocycles. The van der Waals surface area contributed by atoms with Crippen LogP contribution in [0.3, 0.4) is 0 Å². The summed E-state index contributed by atoms with van der Waals surface area (Å²) in [4.78, 5) is 27.4. The molecule has 1 aromatic carbocycles. The minimum absolute atomic E-state index is 0.0353. The fourth-order valence-corrected chi connectivity index (χ4v) is 4.81. The molecule has 7 heteroatoms. The standard InChI is InChI=1S/C19H22N4O2S/c20-15-7-6-12-10-23(11-14(12)15)18(24)16-8-9-17(26-16)22-19(25)21-13-4-2-1-3-5-13/h1-5,8-9,12,14-15H,6-7,10-11,20H2,(H2,21,22,25). The Labute approximate surface area is 156 Å². The van der Waals surface area contributed by atoms with Crippen molar-refractivity contribution in [3.63, 3.8) is 0 Å². The summed E-state index contributed by atoms with van der Waals surface area (Å²) in [7, 11) is 0. The molecule has 2 aromatic rings. The minimum atomic E-state index is -0.321. The lowest BCUT2D eigenvalue weighted by Crippen LogP contribution is -2.33. The van der Waals surface area contributed by atoms with Crippen molar-refractivity contribution in [3.05, 3.63) is 47.3 Å². The number of hydrogen-bond acceptors (Lipinski definition) is 4. The summed E-state index contributed by atoms with van der Waals surface area (Å²) in [5, 5.41) is 6.19. The molecule has 4 N–H and O–H groups in total. The van der Waals surface area contributed by atoms with Crippen LogP contribution in [-0.4, -0.2) is 36.0 Å². The van der Waals surface area contributed by atoms with Gasteiger partial charge in [0.05, 0.1) is 9.88 Å². The van der Waals surface area contributed by atoms with Crippen molar-refractivity contribution >= 4 is 34.0 Å². The van der Waals surface area contributed by atoms with Crippen LogP contribution in [0, 0.1) is 11.8 Å². The third-order valence-electron chi connectivity index (χ3n) is 5.28. The van der Waals surface area contributed by atoms with Gasteiger partial charge in [-0.1, -0.05) is 18.2 Å². The first-order chi connectivity index (χ1) is 12.6. The number of urea groups is 1. The predicted molar refractivity (Wildman–Crippen MR) is 103 cm³/mol. The first kappa shape index (κ1) is 17.1. The molecule has 0 radical (unpaired) electrons. The molecular formula is C19H22N4O2S. The predicted octanol–water partition coefficient (Wildman–Crippen LogP) is 3.20. The maximum absolute atomic E-state index is 12.7. The van der Waals surface area contributed by atoms with Crippen molar-refractivity contribution in [1.29, 1.82) is 0 Å². The highest BCUT2D eigenvalue weighted by Gasteiger charge is 2.42. The highest BCUT2D eigenvalue weighted by Crippen LogP contribution is 2.38. The summed E-state index contributed by atoms with van der Waals surface area (Å²) in [5.74, 6) is 1.02. The van der Waals surface area contributed by atoms with Crippen molar-refractivity contribution in [2.24, 2.45) is 17.6 Å². The number of anilines is 2. The topological polar surface area (TPSA) is 87.5 Å². The molecule has 26 heavy (non-hydrogen) atoms. The third kappa shape index (κ3) is 3.45. The van der Waals surface area contributed by atoms with Crippen LogP contribution >= 0.6 is 11.3 Å². The lowest BCUT2D eigenvalue weighted by molar-refractivity contribution is 0.0784. The van der Waals surface area contributed by atoms with Gasteiger partial charge < -0.3 is 16.0 Å². The van der Waals surface area contributed by atoms with Crippen LogP contribution in [-0.2, 0) is 0 Å². The Morgan fingerprint density at radius 2 is 1.85 bits per heavy atom. The van der Waals surface area contributed by atoms with Gasteiger partial charge in [-0.3, -0.25) is 10.1 Å². The van der Waals surface area contributed by atoms with Crippen LogP contribution < -0.4 is 16.4 Å². The number of benzene rings is 1. The second-order valence-electron chi connectivity index (χ2n) is 6.98. The van der Waals surface area contributed by atoms with E-state index in [-0.39, 0.29) is 18.0 Å². The number of hydrogen-bond donors (Lipinski definition) is 3. The van der Waals surface area contributed by atoms with Crippen LogP contribution in [0.25, 0.3) is 0 Å². The van der Waals surface area contributed by atoms with E-state index in [0.717, 1.165) is 31.6 Å². The number of rotatable bonds is 3. The SMILES string of the molecule is NC1CCC2CN(C(=O)c3ccc(NC(=O)Nc4ccccc4)s3)CC12. The first-order valence-corrected chi connectivity index (χ1v) is 9.69. The largest absolute Gasteiger partial charge is 0.337 e. The average Bonchev–Trinajstić information content (AvgIpc) is 3.33. The molecule has 1 saturated carbocycles. The second kappa shape index (κ2) is 7.09. The lowest BCUT2D eigenvalue weighted by atomic mass is 9.98. The van der Waals surface area contributed by atoms with Gasteiger partial charge in [-0.2, -0.15) is 0 Å². The van der Waals surface area contributed by atoms with Gasteiger partial charge in [0.15, 0.2) is 0 Å². The quantitative estimate of drug-likeness (QED) is 0.775. The molecule has 4 rings (SSSR count). The van der Waals surface area contributed by atoms with E-state index in [2.05, 4.69) is 10.6 Å². The zero-order valence-electron chi connectivity index (χ0n) is 14.4. The molecule has 2 aliphatic rings. The number of amides is 3. The summed E-state index contributed by atoms with van der Waals surface area (Å²) >= 11 is 1.30. The highest BCUT2D eigenvalue weighted by atomic mass is 32.1. The maximum Gasteiger partial charge on any atom is 0.324 e. The van der Waals surface area contributed by atoms with Crippen molar-refractivity contribution in [2.45, 2.75) is 18.9 Å². The van der Waals surface area contributed by atoms with Gasteiger partial charge >= 0.3 is 6.03 Å². The zero-order chi connectivity index (χ0) is 18.1. The first-order valence-electron chi connectivity index (χ1n) is 8.88. The van der Waals surface area contributed by atoms with Crippen LogP contribution in [0.1, 0.15) is 22.5 Å². The van der Waals surface area contributed by atoms with Crippen molar-refractivity contribution in [3.8, 4) is 0 Å². The fraction of sp³-hybridized carbons (Fsp3) is 0.368. The van der Waals surface area contributed by atoms with E-state index >= 15 is 0 Å². The number of nitrogens with zero attached hydrogens (tertiary/aromatic N) is 1. The van der Waals surface area contributed by atoms with Gasteiger partial charge in [-0.15, -0.1) is 11.3 Å². The highest BCUT2D eigenvalue weighted by molar-refractivity contribution is 7.18. The maximum atomic E-state index is 12.7. The van der Waals surface area contributed by atoms with Crippen molar-refractivity contribution < 1.29 is 9.59 Å². The Balaban J connectivity index is 1.36. The number of thiophene rings is 1. The Hall–Kier alpha value is -2.38. The molecule has 6 nitrogen and oxygen atoms in total. The van der Waals surface area contributed by atoms with Crippen LogP contribution in [0.5, 0.6) is 0 Å². The molecule has 3 atom stereocenters. The van der Waals surface area contributed by atoms with Crippen LogP contribution in [0.15, 0.2) is 42.5 Å². The zero-order valence-corrected chi connectivity index (χ0v) is 15.2. The van der Waals surface area contributed by atoms with Gasteiger partial charge in [0.2, 0.25) is 0 Å². The molecule has 3 unspecified atom stereocenters. The van der Waals surface area contributed by atoms with Gasteiger partial charge in [0.25, 0.3) is 5.91 Å². The van der Waals surface area contributed by atoms with Gasteiger partial charge in [-0.05, 0) is 48.9 Å². The Kier molecular flexibility index (Phi) is 4.65. The molecule has 1 saturated heterocycles. The third-order valence-corrected chi connectivity index (χ3v) is 6.27. The van der Waals surface area contributed by atoms with E-state index in [0.29, 0.717) is 21.7 Å². The minimum Gasteiger partial charge on any atom is -0.337 e. The summed E-state index contributed by atoms with van der Waals surface area (Å²) < 4.78 is 0. The Bertz CT molecular complexity index is 807. The number of para-hydroxylation sites is 1. The molecule has 3 amide bonds. The van der Waals surface area contributed by atoms with E-state index in [1.54, 1.807) is 12.1 Å². The number of carbonyl (C=O) groups excluding carboxylic acids is 2.